The van der Waals surface area contributed by atoms with Crippen molar-refractivity contribution in [1.82, 2.24) is 4.90 Å². The Morgan fingerprint density at radius 2 is 1.55 bits per heavy atom. The summed E-state index contributed by atoms with van der Waals surface area (Å²) < 4.78 is 5.95. The highest BCUT2D eigenvalue weighted by atomic mass is 16.5. The molecule has 0 heterocycles. The molecule has 1 amide bonds. The average Bonchev–Trinajstić information content (AvgIpc) is 3.18. The topological polar surface area (TPSA) is 32.8 Å². The molecule has 1 aliphatic rings. The van der Waals surface area contributed by atoms with E-state index in [-0.39, 0.29) is 5.91 Å². The van der Waals surface area contributed by atoms with E-state index < -0.39 is 0 Å². The SMILES string of the molecule is CC(C)N(CCOc1ccc(N(C)C(=O)c2ccc3c(c2)Cc2ccccc2-3)cc1)C(C)C. The number of hydrogen-bond donors (Lipinski definition) is 0. The molecule has 0 N–H and O–H groups in total. The number of carbonyl (C=O) groups excluding carboxylic acids is 1. The molecule has 0 saturated heterocycles. The first-order valence-corrected chi connectivity index (χ1v) is 11.8. The standard InChI is InChI=1S/C29H34N2O2/c1-20(2)31(21(3)4)16-17-33-26-13-11-25(12-14-26)30(5)29(32)23-10-15-28-24(19-23)18-22-8-6-7-9-27(22)28/h6-15,19-21H,16-18H2,1-5H3. The maximum Gasteiger partial charge on any atom is 0.258 e. The van der Waals surface area contributed by atoms with Gasteiger partial charge in [0.05, 0.1) is 0 Å². The highest BCUT2D eigenvalue weighted by molar-refractivity contribution is 6.06. The van der Waals surface area contributed by atoms with Gasteiger partial charge >= 0.3 is 0 Å². The number of amides is 1. The van der Waals surface area contributed by atoms with Crippen LogP contribution in [-0.2, 0) is 6.42 Å². The van der Waals surface area contributed by atoms with Crippen LogP contribution in [0.5, 0.6) is 5.75 Å². The summed E-state index contributed by atoms with van der Waals surface area (Å²) in [6.07, 6.45) is 0.882. The molecular weight excluding hydrogens is 408 g/mol. The lowest BCUT2D eigenvalue weighted by atomic mass is 10.0. The van der Waals surface area contributed by atoms with Crippen molar-refractivity contribution in [3.05, 3.63) is 83.4 Å². The van der Waals surface area contributed by atoms with E-state index in [1.54, 1.807) is 4.90 Å². The van der Waals surface area contributed by atoms with Gasteiger partial charge in [0.15, 0.2) is 0 Å². The number of ether oxygens (including phenoxy) is 1. The van der Waals surface area contributed by atoms with E-state index in [1.807, 2.05) is 43.4 Å². The van der Waals surface area contributed by atoms with Crippen molar-refractivity contribution in [3.63, 3.8) is 0 Å². The Kier molecular flexibility index (Phi) is 6.85. The van der Waals surface area contributed by atoms with Gasteiger partial charge < -0.3 is 9.64 Å². The fourth-order valence-electron chi connectivity index (χ4n) is 4.74. The quantitative estimate of drug-likeness (QED) is 0.334. The fraction of sp³-hybridized carbons (Fsp3) is 0.345. The Morgan fingerprint density at radius 1 is 0.879 bits per heavy atom. The van der Waals surface area contributed by atoms with Gasteiger partial charge in [-0.1, -0.05) is 30.3 Å². The van der Waals surface area contributed by atoms with Crippen LogP contribution in [0.25, 0.3) is 11.1 Å². The van der Waals surface area contributed by atoms with Crippen molar-refractivity contribution in [2.75, 3.05) is 25.1 Å². The second kappa shape index (κ2) is 9.80. The smallest absolute Gasteiger partial charge is 0.258 e. The van der Waals surface area contributed by atoms with E-state index >= 15 is 0 Å². The monoisotopic (exact) mass is 442 g/mol. The van der Waals surface area contributed by atoms with E-state index in [1.165, 1.54) is 22.3 Å². The maximum absolute atomic E-state index is 13.2. The van der Waals surface area contributed by atoms with Crippen LogP contribution in [0.15, 0.2) is 66.7 Å². The van der Waals surface area contributed by atoms with Crippen molar-refractivity contribution in [2.24, 2.45) is 0 Å². The van der Waals surface area contributed by atoms with Crippen LogP contribution in [0, 0.1) is 0 Å². The largest absolute Gasteiger partial charge is 0.492 e. The molecule has 33 heavy (non-hydrogen) atoms. The minimum Gasteiger partial charge on any atom is -0.492 e. The summed E-state index contributed by atoms with van der Waals surface area (Å²) in [6, 6.07) is 23.3. The number of rotatable bonds is 8. The van der Waals surface area contributed by atoms with Gasteiger partial charge in [0.25, 0.3) is 5.91 Å². The van der Waals surface area contributed by atoms with Crippen LogP contribution in [-0.4, -0.2) is 43.1 Å². The predicted octanol–water partition coefficient (Wildman–Crippen LogP) is 6.03. The van der Waals surface area contributed by atoms with Crippen molar-refractivity contribution in [2.45, 2.75) is 46.2 Å². The molecule has 0 unspecified atom stereocenters. The van der Waals surface area contributed by atoms with Gasteiger partial charge in [0, 0.05) is 36.9 Å². The number of nitrogens with zero attached hydrogens (tertiary/aromatic N) is 2. The molecule has 1 aliphatic carbocycles. The lowest BCUT2D eigenvalue weighted by molar-refractivity contribution is 0.0993. The van der Waals surface area contributed by atoms with Gasteiger partial charge in [-0.05, 0) is 92.8 Å². The minimum absolute atomic E-state index is 0.00747. The molecule has 0 aliphatic heterocycles. The number of fused-ring (bicyclic) bond motifs is 3. The summed E-state index contributed by atoms with van der Waals surface area (Å²) in [5, 5.41) is 0. The zero-order chi connectivity index (χ0) is 23.5. The second-order valence-corrected chi connectivity index (χ2v) is 9.34. The van der Waals surface area contributed by atoms with E-state index in [0.29, 0.717) is 24.3 Å². The van der Waals surface area contributed by atoms with Gasteiger partial charge in [0.2, 0.25) is 0 Å². The van der Waals surface area contributed by atoms with E-state index in [0.717, 1.165) is 24.4 Å². The third-order valence-electron chi connectivity index (χ3n) is 6.51. The summed E-state index contributed by atoms with van der Waals surface area (Å²) in [6.45, 7) is 10.4. The van der Waals surface area contributed by atoms with Crippen LogP contribution in [0.3, 0.4) is 0 Å². The van der Waals surface area contributed by atoms with Crippen molar-refractivity contribution >= 4 is 11.6 Å². The van der Waals surface area contributed by atoms with Crippen LogP contribution in [0.4, 0.5) is 5.69 Å². The number of carbonyl (C=O) groups is 1. The lowest BCUT2D eigenvalue weighted by Crippen LogP contribution is -2.39. The van der Waals surface area contributed by atoms with Crippen LogP contribution in [0.2, 0.25) is 0 Å². The molecular formula is C29H34N2O2. The highest BCUT2D eigenvalue weighted by Crippen LogP contribution is 2.37. The Bertz CT molecular complexity index is 1110. The Labute approximate surface area is 197 Å². The Balaban J connectivity index is 1.39. The molecule has 0 fully saturated rings. The molecule has 4 nitrogen and oxygen atoms in total. The van der Waals surface area contributed by atoms with Crippen molar-refractivity contribution in [3.8, 4) is 16.9 Å². The highest BCUT2D eigenvalue weighted by Gasteiger charge is 2.21. The summed E-state index contributed by atoms with van der Waals surface area (Å²) in [5.74, 6) is 0.814. The summed E-state index contributed by atoms with van der Waals surface area (Å²) in [7, 11) is 1.82. The Hall–Kier alpha value is -3.11. The molecule has 0 aromatic heterocycles. The molecule has 0 spiro atoms. The summed E-state index contributed by atoms with van der Waals surface area (Å²) >= 11 is 0. The molecule has 3 aromatic rings. The first kappa shape index (κ1) is 23.1. The van der Waals surface area contributed by atoms with Crippen molar-refractivity contribution in [1.29, 1.82) is 0 Å². The number of hydrogen-bond acceptors (Lipinski definition) is 3. The van der Waals surface area contributed by atoms with Gasteiger partial charge in [-0.3, -0.25) is 9.69 Å². The number of anilines is 1. The van der Waals surface area contributed by atoms with E-state index in [4.69, 9.17) is 4.74 Å². The molecule has 0 bridgehead atoms. The van der Waals surface area contributed by atoms with E-state index in [9.17, 15) is 4.79 Å². The minimum atomic E-state index is -0.00747. The van der Waals surface area contributed by atoms with Gasteiger partial charge in [-0.25, -0.2) is 0 Å². The first-order valence-electron chi connectivity index (χ1n) is 11.8. The van der Waals surface area contributed by atoms with E-state index in [2.05, 4.69) is 62.9 Å². The molecule has 0 saturated carbocycles. The number of benzene rings is 3. The van der Waals surface area contributed by atoms with Crippen molar-refractivity contribution < 1.29 is 9.53 Å². The van der Waals surface area contributed by atoms with Gasteiger partial charge in [-0.15, -0.1) is 0 Å². The summed E-state index contributed by atoms with van der Waals surface area (Å²) in [4.78, 5) is 17.3. The third-order valence-corrected chi connectivity index (χ3v) is 6.51. The molecule has 0 atom stereocenters. The second-order valence-electron chi connectivity index (χ2n) is 9.34. The maximum atomic E-state index is 13.2. The fourth-order valence-corrected chi connectivity index (χ4v) is 4.74. The van der Waals surface area contributed by atoms with Crippen LogP contribution < -0.4 is 9.64 Å². The predicted molar refractivity (Wildman–Crippen MR) is 136 cm³/mol. The molecule has 0 radical (unpaired) electrons. The van der Waals surface area contributed by atoms with Crippen LogP contribution in [0.1, 0.15) is 49.2 Å². The molecule has 172 valence electrons. The first-order chi connectivity index (χ1) is 15.8. The summed E-state index contributed by atoms with van der Waals surface area (Å²) in [5.41, 5.74) is 6.62. The molecule has 3 aromatic carbocycles. The van der Waals surface area contributed by atoms with Gasteiger partial charge in [0.1, 0.15) is 12.4 Å². The Morgan fingerprint density at radius 3 is 2.24 bits per heavy atom. The molecule has 4 heteroatoms. The lowest BCUT2D eigenvalue weighted by Gasteiger charge is -2.30. The zero-order valence-corrected chi connectivity index (χ0v) is 20.3. The molecule has 4 rings (SSSR count). The van der Waals surface area contributed by atoms with Crippen LogP contribution >= 0.6 is 0 Å². The zero-order valence-electron chi connectivity index (χ0n) is 20.3. The average molecular weight is 443 g/mol. The third kappa shape index (κ3) is 4.96. The van der Waals surface area contributed by atoms with Gasteiger partial charge in [-0.2, -0.15) is 0 Å². The normalized spacial score (nSPS) is 12.2.